The van der Waals surface area contributed by atoms with E-state index >= 15 is 0 Å². The van der Waals surface area contributed by atoms with Crippen LogP contribution in [0, 0.1) is 0 Å². The number of ether oxygens (including phenoxy) is 8. The molecule has 2 aliphatic heterocycles. The fraction of sp³-hybridized carbons (Fsp3) is 0.667. The summed E-state index contributed by atoms with van der Waals surface area (Å²) in [7, 11) is -4.67. The van der Waals surface area contributed by atoms with Crippen molar-refractivity contribution in [3.63, 3.8) is 0 Å². The number of alkyl carbamates (subject to hydrolysis) is 2. The lowest BCUT2D eigenvalue weighted by atomic mass is 10.1. The van der Waals surface area contributed by atoms with Gasteiger partial charge >= 0.3 is 28.4 Å². The summed E-state index contributed by atoms with van der Waals surface area (Å²) in [6.45, 7) is 14.9. The summed E-state index contributed by atoms with van der Waals surface area (Å²) in [4.78, 5) is 64.1. The highest BCUT2D eigenvalue weighted by Crippen LogP contribution is 2.44. The number of carbonyl (C=O) groups excluding carboxylic acids is 4. The van der Waals surface area contributed by atoms with Crippen LogP contribution in [0.1, 0.15) is 106 Å². The molecule has 3 aromatic rings. The topological polar surface area (TPSA) is 285 Å². The largest absolute Gasteiger partial charge is 0.460 e. The molecule has 23 nitrogen and oxygen atoms in total. The van der Waals surface area contributed by atoms with E-state index in [0.717, 1.165) is 9.87 Å². The van der Waals surface area contributed by atoms with E-state index < -0.39 is 81.8 Å². The molecule has 4 heterocycles. The number of nitrogens with one attached hydrogen (secondary N) is 3. The standard InChI is InChI=1S/C45H69N9O14S/c1-43(2,3)65-33(55)19-18-31(51-42(58)68-44(4,5)6)39(56)52-69(59,60)53(21-14-9-10-15-22-61-24-25-62-23-20-47-41(57)63-27-30-16-12-11-13-17-30)26-32-35-36(67-45(7,8)66-35)40(64-32)54-29-50-34-37(46)48-28-49-38(34)54/h11-13,16-17,28-29,31-32,35-36,40H,9-10,14-15,18-27H2,1-8H3,(H,47,57)(H,51,58)(H,52,56)(H2,46,48,49)/t31-,32+,35+,36+,40+/m0/s1. The van der Waals surface area contributed by atoms with Gasteiger partial charge in [0.25, 0.3) is 5.91 Å². The molecular weight excluding hydrogens is 923 g/mol. The molecule has 2 aliphatic rings. The fourth-order valence-corrected chi connectivity index (χ4v) is 8.64. The molecule has 1 aromatic carbocycles. The predicted molar refractivity (Wildman–Crippen MR) is 249 cm³/mol. The molecule has 3 amide bonds. The number of aromatic nitrogens is 4. The van der Waals surface area contributed by atoms with E-state index in [2.05, 4.69) is 30.3 Å². The predicted octanol–water partition coefficient (Wildman–Crippen LogP) is 4.02. The van der Waals surface area contributed by atoms with Gasteiger partial charge in [-0.05, 0) is 80.2 Å². The maximum absolute atomic E-state index is 14.4. The highest BCUT2D eigenvalue weighted by molar-refractivity contribution is 7.87. The van der Waals surface area contributed by atoms with Gasteiger partial charge in [0.1, 0.15) is 54.0 Å². The van der Waals surface area contributed by atoms with Crippen molar-refractivity contribution in [1.29, 1.82) is 0 Å². The summed E-state index contributed by atoms with van der Waals surface area (Å²) in [6.07, 6.45) is -0.293. The van der Waals surface area contributed by atoms with Crippen LogP contribution in [-0.2, 0) is 64.3 Å². The molecule has 0 saturated carbocycles. The zero-order valence-corrected chi connectivity index (χ0v) is 41.6. The number of imidazole rings is 1. The molecule has 5 atom stereocenters. The van der Waals surface area contributed by atoms with Crippen molar-refractivity contribution < 1.29 is 65.5 Å². The highest BCUT2D eigenvalue weighted by Gasteiger charge is 2.57. The van der Waals surface area contributed by atoms with Gasteiger partial charge in [-0.2, -0.15) is 12.7 Å². The molecule has 24 heteroatoms. The number of amides is 3. The Kier molecular flexibility index (Phi) is 19.5. The second kappa shape index (κ2) is 24.5. The molecule has 2 aromatic heterocycles. The number of hydrogen-bond acceptors (Lipinski definition) is 18. The van der Waals surface area contributed by atoms with Crippen molar-refractivity contribution in [3.05, 3.63) is 48.5 Å². The zero-order valence-electron chi connectivity index (χ0n) is 40.8. The van der Waals surface area contributed by atoms with Crippen LogP contribution in [0.5, 0.6) is 0 Å². The van der Waals surface area contributed by atoms with Gasteiger partial charge < -0.3 is 54.3 Å². The van der Waals surface area contributed by atoms with Gasteiger partial charge in [0.2, 0.25) is 0 Å². The van der Waals surface area contributed by atoms with Crippen molar-refractivity contribution in [2.45, 2.75) is 148 Å². The smallest absolute Gasteiger partial charge is 0.408 e. The summed E-state index contributed by atoms with van der Waals surface area (Å²) in [5.41, 5.74) is 5.90. The first kappa shape index (κ1) is 54.7. The molecule has 0 spiro atoms. The first-order valence-electron chi connectivity index (χ1n) is 23.1. The quantitative estimate of drug-likeness (QED) is 0.0530. The summed E-state index contributed by atoms with van der Waals surface area (Å²) in [6, 6.07) is 7.85. The van der Waals surface area contributed by atoms with Gasteiger partial charge in [0, 0.05) is 32.7 Å². The van der Waals surface area contributed by atoms with E-state index in [1.807, 2.05) is 30.3 Å². The lowest BCUT2D eigenvalue weighted by Crippen LogP contribution is -2.54. The molecule has 0 radical (unpaired) electrons. The van der Waals surface area contributed by atoms with Crippen LogP contribution in [0.15, 0.2) is 43.0 Å². The van der Waals surface area contributed by atoms with E-state index in [-0.39, 0.29) is 51.5 Å². The first-order valence-corrected chi connectivity index (χ1v) is 24.5. The van der Waals surface area contributed by atoms with Gasteiger partial charge in [-0.25, -0.2) is 29.3 Å². The number of rotatable bonds is 25. The zero-order chi connectivity index (χ0) is 50.4. The number of anilines is 1. The van der Waals surface area contributed by atoms with Crippen LogP contribution in [0.25, 0.3) is 11.2 Å². The average molecular weight is 992 g/mol. The molecule has 384 valence electrons. The van der Waals surface area contributed by atoms with Crippen LogP contribution in [0.4, 0.5) is 15.4 Å². The van der Waals surface area contributed by atoms with Crippen LogP contribution in [-0.4, -0.2) is 144 Å². The minimum absolute atomic E-state index is 0.0445. The van der Waals surface area contributed by atoms with Gasteiger partial charge in [-0.15, -0.1) is 0 Å². The summed E-state index contributed by atoms with van der Waals surface area (Å²) in [5, 5.41) is 5.06. The van der Waals surface area contributed by atoms with Crippen molar-refractivity contribution in [3.8, 4) is 0 Å². The third-order valence-electron chi connectivity index (χ3n) is 10.4. The van der Waals surface area contributed by atoms with E-state index in [9.17, 15) is 27.6 Å². The van der Waals surface area contributed by atoms with Gasteiger partial charge in [0.15, 0.2) is 23.5 Å². The van der Waals surface area contributed by atoms with Crippen LogP contribution >= 0.6 is 0 Å². The Labute approximate surface area is 403 Å². The Morgan fingerprint density at radius 1 is 0.870 bits per heavy atom. The number of carbonyl (C=O) groups is 4. The third kappa shape index (κ3) is 17.6. The number of nitrogens with two attached hydrogens (primary N) is 1. The Morgan fingerprint density at radius 3 is 2.26 bits per heavy atom. The minimum Gasteiger partial charge on any atom is -0.460 e. The maximum Gasteiger partial charge on any atom is 0.408 e. The second-order valence-electron chi connectivity index (χ2n) is 19.0. The molecule has 0 aliphatic carbocycles. The van der Waals surface area contributed by atoms with Crippen LogP contribution in [0.2, 0.25) is 0 Å². The lowest BCUT2D eigenvalue weighted by Gasteiger charge is -2.29. The number of unbranched alkanes of at least 4 members (excludes halogenated alkanes) is 3. The number of esters is 1. The molecular formula is C45H69N9O14S. The van der Waals surface area contributed by atoms with Crippen molar-refractivity contribution in [1.82, 2.24) is 39.2 Å². The highest BCUT2D eigenvalue weighted by atomic mass is 32.2. The Balaban J connectivity index is 1.19. The average Bonchev–Trinajstić information content (AvgIpc) is 3.92. The van der Waals surface area contributed by atoms with Crippen LogP contribution in [0.3, 0.4) is 0 Å². The SMILES string of the molecule is CC(C)(C)OC(=O)CC[C@H](NC(=O)OC(C)(C)C)C(=O)NS(=O)(=O)N(CCCCCCOCCOCCNC(=O)OCc1ccccc1)C[C@H]1O[C@@H](n2cnc3c(N)ncnc32)[C@@H]2OC(C)(C)O[C@@H]21. The Morgan fingerprint density at radius 2 is 1.55 bits per heavy atom. The van der Waals surface area contributed by atoms with Crippen molar-refractivity contribution in [2.24, 2.45) is 0 Å². The maximum atomic E-state index is 14.4. The third-order valence-corrected chi connectivity index (χ3v) is 11.8. The van der Waals surface area contributed by atoms with E-state index in [1.54, 1.807) is 60.0 Å². The van der Waals surface area contributed by atoms with E-state index in [1.165, 1.54) is 12.7 Å². The lowest BCUT2D eigenvalue weighted by molar-refractivity contribution is -0.196. The molecule has 0 bridgehead atoms. The number of nitrogens with zero attached hydrogens (tertiary/aromatic N) is 5. The number of benzene rings is 1. The number of nitrogen functional groups attached to an aromatic ring is 1. The second-order valence-corrected chi connectivity index (χ2v) is 20.7. The normalized spacial score (nSPS) is 19.5. The van der Waals surface area contributed by atoms with E-state index in [0.29, 0.717) is 56.7 Å². The fourth-order valence-electron chi connectivity index (χ4n) is 7.40. The van der Waals surface area contributed by atoms with Crippen molar-refractivity contribution in [2.75, 3.05) is 51.8 Å². The summed E-state index contributed by atoms with van der Waals surface area (Å²) < 4.78 is 79.9. The monoisotopic (exact) mass is 991 g/mol. The summed E-state index contributed by atoms with van der Waals surface area (Å²) >= 11 is 0. The minimum atomic E-state index is -4.67. The summed E-state index contributed by atoms with van der Waals surface area (Å²) in [5.74, 6) is -2.66. The molecule has 69 heavy (non-hydrogen) atoms. The number of fused-ring (bicyclic) bond motifs is 2. The molecule has 5 rings (SSSR count). The number of hydrogen-bond donors (Lipinski definition) is 4. The van der Waals surface area contributed by atoms with E-state index in [4.69, 9.17) is 43.6 Å². The van der Waals surface area contributed by atoms with Gasteiger partial charge in [-0.3, -0.25) is 14.2 Å². The Bertz CT molecular complexity index is 2270. The van der Waals surface area contributed by atoms with Gasteiger partial charge in [0.05, 0.1) is 26.1 Å². The first-order chi connectivity index (χ1) is 32.5. The molecule has 5 N–H and O–H groups in total. The molecule has 2 fully saturated rings. The van der Waals surface area contributed by atoms with Crippen molar-refractivity contribution >= 4 is 51.3 Å². The molecule has 2 saturated heterocycles. The molecule has 0 unspecified atom stereocenters. The Hall–Kier alpha value is -5.24. The van der Waals surface area contributed by atoms with Crippen LogP contribution < -0.4 is 21.1 Å². The van der Waals surface area contributed by atoms with Gasteiger partial charge in [-0.1, -0.05) is 43.2 Å².